The summed E-state index contributed by atoms with van der Waals surface area (Å²) < 4.78 is 0. The van der Waals surface area contributed by atoms with E-state index in [0.29, 0.717) is 6.42 Å². The lowest BCUT2D eigenvalue weighted by Gasteiger charge is -2.18. The highest BCUT2D eigenvalue weighted by atomic mass is 16.1. The van der Waals surface area contributed by atoms with E-state index in [1.54, 1.807) is 0 Å². The molecule has 1 aliphatic heterocycles. The van der Waals surface area contributed by atoms with Crippen molar-refractivity contribution in [1.82, 2.24) is 5.32 Å². The van der Waals surface area contributed by atoms with Gasteiger partial charge in [-0.3, -0.25) is 4.79 Å². The van der Waals surface area contributed by atoms with E-state index in [-0.39, 0.29) is 11.9 Å². The van der Waals surface area contributed by atoms with Gasteiger partial charge in [-0.25, -0.2) is 0 Å². The number of rotatable bonds is 5. The monoisotopic (exact) mass is 246 g/mol. The third kappa shape index (κ3) is 2.84. The summed E-state index contributed by atoms with van der Waals surface area (Å²) in [7, 11) is 0. The maximum Gasteiger partial charge on any atom is 0.220 e. The first kappa shape index (κ1) is 12.9. The van der Waals surface area contributed by atoms with E-state index in [1.165, 1.54) is 16.8 Å². The van der Waals surface area contributed by atoms with Gasteiger partial charge in [0, 0.05) is 24.7 Å². The molecule has 18 heavy (non-hydrogen) atoms. The van der Waals surface area contributed by atoms with Gasteiger partial charge >= 0.3 is 0 Å². The van der Waals surface area contributed by atoms with E-state index >= 15 is 0 Å². The molecule has 3 heteroatoms. The van der Waals surface area contributed by atoms with Crippen LogP contribution in [0.2, 0.25) is 0 Å². The Morgan fingerprint density at radius 1 is 1.28 bits per heavy atom. The number of hydrogen-bond acceptors (Lipinski definition) is 2. The molecule has 1 aliphatic rings. The number of carbonyl (C=O) groups excluding carboxylic acids is 1. The van der Waals surface area contributed by atoms with Crippen molar-refractivity contribution in [1.29, 1.82) is 0 Å². The minimum atomic E-state index is 0.182. The molecule has 1 heterocycles. The van der Waals surface area contributed by atoms with Gasteiger partial charge in [-0.2, -0.15) is 0 Å². The zero-order valence-electron chi connectivity index (χ0n) is 11.3. The Labute approximate surface area is 109 Å². The van der Waals surface area contributed by atoms with Crippen molar-refractivity contribution >= 4 is 11.6 Å². The van der Waals surface area contributed by atoms with Crippen LogP contribution in [-0.4, -0.2) is 18.5 Å². The second-order valence-electron chi connectivity index (χ2n) is 4.84. The Bertz CT molecular complexity index is 406. The topological polar surface area (TPSA) is 41.1 Å². The van der Waals surface area contributed by atoms with Crippen LogP contribution in [0.3, 0.4) is 0 Å². The van der Waals surface area contributed by atoms with Crippen molar-refractivity contribution < 1.29 is 4.79 Å². The van der Waals surface area contributed by atoms with Gasteiger partial charge in [0.1, 0.15) is 0 Å². The summed E-state index contributed by atoms with van der Waals surface area (Å²) in [6, 6.07) is 6.76. The lowest BCUT2D eigenvalue weighted by molar-refractivity contribution is -0.119. The fraction of sp³-hybridized carbons (Fsp3) is 0.533. The van der Waals surface area contributed by atoms with Gasteiger partial charge < -0.3 is 10.6 Å². The van der Waals surface area contributed by atoms with Crippen LogP contribution in [0.1, 0.15) is 37.8 Å². The summed E-state index contributed by atoms with van der Waals surface area (Å²) in [6.45, 7) is 5.18. The highest BCUT2D eigenvalue weighted by Crippen LogP contribution is 2.23. The van der Waals surface area contributed by atoms with Crippen molar-refractivity contribution in [2.24, 2.45) is 0 Å². The Hall–Kier alpha value is -1.51. The zero-order valence-corrected chi connectivity index (χ0v) is 11.3. The average molecular weight is 246 g/mol. The molecule has 1 atom stereocenters. The molecule has 1 amide bonds. The van der Waals surface area contributed by atoms with Crippen LogP contribution in [0, 0.1) is 0 Å². The van der Waals surface area contributed by atoms with Crippen LogP contribution >= 0.6 is 0 Å². The Balaban J connectivity index is 2.05. The molecular weight excluding hydrogens is 224 g/mol. The van der Waals surface area contributed by atoms with Crippen molar-refractivity contribution in [2.45, 2.75) is 45.6 Å². The van der Waals surface area contributed by atoms with Crippen molar-refractivity contribution in [3.63, 3.8) is 0 Å². The predicted octanol–water partition coefficient (Wildman–Crippen LogP) is 2.50. The molecule has 1 aromatic carbocycles. The van der Waals surface area contributed by atoms with Crippen LogP contribution < -0.4 is 10.6 Å². The van der Waals surface area contributed by atoms with Crippen molar-refractivity contribution in [3.8, 4) is 0 Å². The fourth-order valence-corrected chi connectivity index (χ4v) is 2.53. The molecule has 3 nitrogen and oxygen atoms in total. The minimum Gasteiger partial charge on any atom is -0.383 e. The molecule has 0 bridgehead atoms. The number of benzene rings is 1. The molecule has 1 saturated heterocycles. The molecule has 2 rings (SSSR count). The summed E-state index contributed by atoms with van der Waals surface area (Å²) in [5.41, 5.74) is 3.99. The molecule has 0 aromatic heterocycles. The largest absolute Gasteiger partial charge is 0.383 e. The molecule has 0 saturated carbocycles. The van der Waals surface area contributed by atoms with E-state index in [2.05, 4.69) is 42.7 Å². The molecule has 0 aliphatic carbocycles. The van der Waals surface area contributed by atoms with Crippen molar-refractivity contribution in [2.75, 3.05) is 11.9 Å². The maximum absolute atomic E-state index is 11.2. The number of anilines is 1. The lowest BCUT2D eigenvalue weighted by Crippen LogP contribution is -2.32. The highest BCUT2D eigenvalue weighted by Gasteiger charge is 2.20. The molecule has 0 radical (unpaired) electrons. The molecule has 2 N–H and O–H groups in total. The predicted molar refractivity (Wildman–Crippen MR) is 74.9 cm³/mol. The molecular formula is C15H22N2O. The Morgan fingerprint density at radius 2 is 1.94 bits per heavy atom. The maximum atomic E-state index is 11.2. The number of aryl methyl sites for hydroxylation is 2. The van der Waals surface area contributed by atoms with Gasteiger partial charge in [-0.15, -0.1) is 0 Å². The third-order valence-corrected chi connectivity index (χ3v) is 3.61. The minimum absolute atomic E-state index is 0.182. The van der Waals surface area contributed by atoms with E-state index in [0.717, 1.165) is 25.8 Å². The number of hydrogen-bond donors (Lipinski definition) is 2. The van der Waals surface area contributed by atoms with E-state index in [9.17, 15) is 4.79 Å². The van der Waals surface area contributed by atoms with Crippen LogP contribution in [0.15, 0.2) is 18.2 Å². The van der Waals surface area contributed by atoms with Crippen LogP contribution in [0.25, 0.3) is 0 Å². The number of carbonyl (C=O) groups is 1. The summed E-state index contributed by atoms with van der Waals surface area (Å²) >= 11 is 0. The summed E-state index contributed by atoms with van der Waals surface area (Å²) in [6.07, 6.45) is 3.68. The zero-order chi connectivity index (χ0) is 13.0. The third-order valence-electron chi connectivity index (χ3n) is 3.61. The Morgan fingerprint density at radius 3 is 2.44 bits per heavy atom. The van der Waals surface area contributed by atoms with E-state index in [4.69, 9.17) is 0 Å². The SMILES string of the molecule is CCc1cccc(CC)c1NCC1CCC(=O)N1. The van der Waals surface area contributed by atoms with E-state index in [1.807, 2.05) is 0 Å². The van der Waals surface area contributed by atoms with Crippen molar-refractivity contribution in [3.05, 3.63) is 29.3 Å². The van der Waals surface area contributed by atoms with Gasteiger partial charge in [0.05, 0.1) is 0 Å². The Kier molecular flexibility index (Phi) is 4.24. The molecule has 1 unspecified atom stereocenters. The van der Waals surface area contributed by atoms with Gasteiger partial charge in [0.25, 0.3) is 0 Å². The normalized spacial score (nSPS) is 18.8. The lowest BCUT2D eigenvalue weighted by atomic mass is 10.0. The van der Waals surface area contributed by atoms with E-state index < -0.39 is 0 Å². The molecule has 1 fully saturated rings. The van der Waals surface area contributed by atoms with Gasteiger partial charge in [-0.1, -0.05) is 32.0 Å². The second kappa shape index (κ2) is 5.89. The van der Waals surface area contributed by atoms with Gasteiger partial charge in [0.2, 0.25) is 5.91 Å². The molecule has 98 valence electrons. The first-order chi connectivity index (χ1) is 8.74. The molecule has 1 aromatic rings. The average Bonchev–Trinajstić information content (AvgIpc) is 2.81. The summed E-state index contributed by atoms with van der Waals surface area (Å²) in [5.74, 6) is 0.182. The quantitative estimate of drug-likeness (QED) is 0.838. The highest BCUT2D eigenvalue weighted by molar-refractivity contribution is 5.78. The van der Waals surface area contributed by atoms with Crippen LogP contribution in [-0.2, 0) is 17.6 Å². The summed E-state index contributed by atoms with van der Waals surface area (Å²) in [4.78, 5) is 11.2. The number of amides is 1. The number of nitrogens with one attached hydrogen (secondary N) is 2. The fourth-order valence-electron chi connectivity index (χ4n) is 2.53. The number of para-hydroxylation sites is 1. The smallest absolute Gasteiger partial charge is 0.220 e. The summed E-state index contributed by atoms with van der Waals surface area (Å²) in [5, 5.41) is 6.53. The van der Waals surface area contributed by atoms with Crippen LogP contribution in [0.5, 0.6) is 0 Å². The van der Waals surface area contributed by atoms with Gasteiger partial charge in [0.15, 0.2) is 0 Å². The molecule has 0 spiro atoms. The standard InChI is InChI=1S/C15H22N2O/c1-3-11-6-5-7-12(4-2)15(11)16-10-13-8-9-14(18)17-13/h5-7,13,16H,3-4,8-10H2,1-2H3,(H,17,18). The first-order valence-corrected chi connectivity index (χ1v) is 6.88. The van der Waals surface area contributed by atoms with Gasteiger partial charge in [-0.05, 0) is 30.4 Å². The van der Waals surface area contributed by atoms with Crippen LogP contribution in [0.4, 0.5) is 5.69 Å². The first-order valence-electron chi connectivity index (χ1n) is 6.88. The second-order valence-corrected chi connectivity index (χ2v) is 4.84.